The number of methoxy groups -OCH3 is 1. The molecule has 11 heteroatoms. The van der Waals surface area contributed by atoms with E-state index in [1.165, 1.54) is 0 Å². The predicted octanol–water partition coefficient (Wildman–Crippen LogP) is 0.145. The summed E-state index contributed by atoms with van der Waals surface area (Å²) in [6.45, 7) is 6.20. The van der Waals surface area contributed by atoms with Gasteiger partial charge in [-0.25, -0.2) is 0 Å². The first-order valence-electron chi connectivity index (χ1n) is 8.01. The standard InChI is InChI=1S/C15H25N5O4.2ClH/c1-12-9-13(18-24-12)17-14(21)11-19-4-6-20(7-5-19)15(22)10-16-3-8-23-2;;/h9,16H,3-8,10-11H2,1-2H3,(H,17,18,21);2*1H. The molecule has 0 atom stereocenters. The largest absolute Gasteiger partial charge is 0.383 e. The van der Waals surface area contributed by atoms with Crippen molar-refractivity contribution in [3.05, 3.63) is 11.8 Å². The fourth-order valence-corrected chi connectivity index (χ4v) is 2.45. The lowest BCUT2D eigenvalue weighted by Crippen LogP contribution is -2.52. The quantitative estimate of drug-likeness (QED) is 0.586. The SMILES string of the molecule is COCCNCC(=O)N1CCN(CC(=O)Nc2cc(C)on2)CC1.Cl.Cl. The summed E-state index contributed by atoms with van der Waals surface area (Å²) in [6.07, 6.45) is 0. The highest BCUT2D eigenvalue weighted by Gasteiger charge is 2.22. The molecule has 26 heavy (non-hydrogen) atoms. The molecule has 0 bridgehead atoms. The monoisotopic (exact) mass is 411 g/mol. The molecule has 1 fully saturated rings. The van der Waals surface area contributed by atoms with Crippen LogP contribution in [0.3, 0.4) is 0 Å². The van der Waals surface area contributed by atoms with Crippen molar-refractivity contribution in [2.24, 2.45) is 0 Å². The number of rotatable bonds is 8. The van der Waals surface area contributed by atoms with Crippen LogP contribution in [0.15, 0.2) is 10.6 Å². The Kier molecular flexibility index (Phi) is 12.2. The Balaban J connectivity index is 0.00000312. The molecule has 1 saturated heterocycles. The normalized spacial score (nSPS) is 14.3. The van der Waals surface area contributed by atoms with Gasteiger partial charge in [0.15, 0.2) is 5.82 Å². The highest BCUT2D eigenvalue weighted by atomic mass is 35.5. The van der Waals surface area contributed by atoms with Crippen LogP contribution >= 0.6 is 24.8 Å². The number of hydrogen-bond acceptors (Lipinski definition) is 7. The van der Waals surface area contributed by atoms with Crippen molar-refractivity contribution in [1.82, 2.24) is 20.3 Å². The molecule has 2 heterocycles. The molecule has 0 aliphatic carbocycles. The third-order valence-corrected chi connectivity index (χ3v) is 3.75. The summed E-state index contributed by atoms with van der Waals surface area (Å²) >= 11 is 0. The third-order valence-electron chi connectivity index (χ3n) is 3.75. The number of aryl methyl sites for hydroxylation is 1. The van der Waals surface area contributed by atoms with Gasteiger partial charge < -0.3 is 24.8 Å². The molecule has 1 aliphatic rings. The van der Waals surface area contributed by atoms with Gasteiger partial charge in [0.1, 0.15) is 5.76 Å². The number of amides is 2. The van der Waals surface area contributed by atoms with Crippen LogP contribution < -0.4 is 10.6 Å². The fourth-order valence-electron chi connectivity index (χ4n) is 2.45. The lowest BCUT2D eigenvalue weighted by atomic mass is 10.3. The van der Waals surface area contributed by atoms with E-state index in [9.17, 15) is 9.59 Å². The highest BCUT2D eigenvalue weighted by Crippen LogP contribution is 2.07. The van der Waals surface area contributed by atoms with E-state index in [2.05, 4.69) is 15.8 Å². The molecule has 0 unspecified atom stereocenters. The van der Waals surface area contributed by atoms with Gasteiger partial charge in [0, 0.05) is 45.9 Å². The summed E-state index contributed by atoms with van der Waals surface area (Å²) in [5.41, 5.74) is 0. The number of carbonyl (C=O) groups is 2. The number of nitrogens with zero attached hydrogens (tertiary/aromatic N) is 3. The zero-order valence-corrected chi connectivity index (χ0v) is 16.7. The van der Waals surface area contributed by atoms with Crippen LogP contribution in [0.2, 0.25) is 0 Å². The van der Waals surface area contributed by atoms with E-state index >= 15 is 0 Å². The fraction of sp³-hybridized carbons (Fsp3) is 0.667. The van der Waals surface area contributed by atoms with Crippen LogP contribution in [0.25, 0.3) is 0 Å². The molecular weight excluding hydrogens is 385 g/mol. The maximum Gasteiger partial charge on any atom is 0.239 e. The Morgan fingerprint density at radius 3 is 2.54 bits per heavy atom. The average Bonchev–Trinajstić information content (AvgIpc) is 2.97. The molecule has 150 valence electrons. The summed E-state index contributed by atoms with van der Waals surface area (Å²) < 4.78 is 9.83. The molecule has 0 radical (unpaired) electrons. The van der Waals surface area contributed by atoms with E-state index in [4.69, 9.17) is 9.26 Å². The number of ether oxygens (including phenoxy) is 1. The average molecular weight is 412 g/mol. The molecule has 0 spiro atoms. The van der Waals surface area contributed by atoms with Gasteiger partial charge in [0.25, 0.3) is 0 Å². The first kappa shape index (κ1) is 24.6. The van der Waals surface area contributed by atoms with Crippen molar-refractivity contribution in [2.75, 3.05) is 64.8 Å². The van der Waals surface area contributed by atoms with Crippen LogP contribution in [0.5, 0.6) is 0 Å². The highest BCUT2D eigenvalue weighted by molar-refractivity contribution is 5.91. The molecule has 2 rings (SSSR count). The van der Waals surface area contributed by atoms with Gasteiger partial charge in [0.2, 0.25) is 11.8 Å². The molecule has 2 amide bonds. The molecule has 9 nitrogen and oxygen atoms in total. The number of nitrogens with one attached hydrogen (secondary N) is 2. The van der Waals surface area contributed by atoms with Crippen molar-refractivity contribution < 1.29 is 18.8 Å². The Morgan fingerprint density at radius 2 is 1.96 bits per heavy atom. The van der Waals surface area contributed by atoms with Gasteiger partial charge in [-0.05, 0) is 6.92 Å². The lowest BCUT2D eigenvalue weighted by molar-refractivity contribution is -0.132. The van der Waals surface area contributed by atoms with Crippen LogP contribution in [-0.4, -0.2) is 86.3 Å². The van der Waals surface area contributed by atoms with Crippen molar-refractivity contribution in [2.45, 2.75) is 6.92 Å². The predicted molar refractivity (Wildman–Crippen MR) is 102 cm³/mol. The Hall–Kier alpha value is -1.39. The second-order valence-electron chi connectivity index (χ2n) is 5.70. The number of piperazine rings is 1. The number of aromatic nitrogens is 1. The van der Waals surface area contributed by atoms with Crippen molar-refractivity contribution in [3.8, 4) is 0 Å². The lowest BCUT2D eigenvalue weighted by Gasteiger charge is -2.34. The van der Waals surface area contributed by atoms with Gasteiger partial charge in [-0.2, -0.15) is 0 Å². The van der Waals surface area contributed by atoms with E-state index in [-0.39, 0.29) is 43.2 Å². The van der Waals surface area contributed by atoms with Gasteiger partial charge in [-0.3, -0.25) is 14.5 Å². The van der Waals surface area contributed by atoms with E-state index in [0.717, 1.165) is 0 Å². The second kappa shape index (κ2) is 12.9. The van der Waals surface area contributed by atoms with E-state index in [1.807, 2.05) is 9.80 Å². The van der Waals surface area contributed by atoms with E-state index in [0.29, 0.717) is 57.5 Å². The summed E-state index contributed by atoms with van der Waals surface area (Å²) in [7, 11) is 1.63. The van der Waals surface area contributed by atoms with Crippen molar-refractivity contribution in [3.63, 3.8) is 0 Å². The van der Waals surface area contributed by atoms with Crippen LogP contribution in [0, 0.1) is 6.92 Å². The molecule has 1 aliphatic heterocycles. The first-order valence-corrected chi connectivity index (χ1v) is 8.01. The minimum atomic E-state index is -0.135. The second-order valence-corrected chi connectivity index (χ2v) is 5.70. The Bertz CT molecular complexity index is 550. The number of anilines is 1. The molecule has 0 saturated carbocycles. The first-order chi connectivity index (χ1) is 11.6. The Labute approximate surface area is 165 Å². The number of halogens is 2. The molecule has 0 aromatic carbocycles. The third kappa shape index (κ3) is 8.33. The van der Waals surface area contributed by atoms with E-state index < -0.39 is 0 Å². The molecule has 1 aromatic rings. The van der Waals surface area contributed by atoms with Crippen LogP contribution in [0.4, 0.5) is 5.82 Å². The number of carbonyl (C=O) groups excluding carboxylic acids is 2. The minimum Gasteiger partial charge on any atom is -0.383 e. The number of hydrogen-bond donors (Lipinski definition) is 2. The zero-order valence-electron chi connectivity index (χ0n) is 15.0. The summed E-state index contributed by atoms with van der Waals surface area (Å²) in [6, 6.07) is 1.67. The topological polar surface area (TPSA) is 99.9 Å². The van der Waals surface area contributed by atoms with Gasteiger partial charge >= 0.3 is 0 Å². The summed E-state index contributed by atoms with van der Waals surface area (Å²) in [4.78, 5) is 27.8. The minimum absolute atomic E-state index is 0. The van der Waals surface area contributed by atoms with Gasteiger partial charge in [-0.1, -0.05) is 5.16 Å². The smallest absolute Gasteiger partial charge is 0.239 e. The summed E-state index contributed by atoms with van der Waals surface area (Å²) in [5.74, 6) is 1.02. The zero-order chi connectivity index (χ0) is 17.4. The van der Waals surface area contributed by atoms with Crippen molar-refractivity contribution >= 4 is 42.4 Å². The maximum atomic E-state index is 12.0. The van der Waals surface area contributed by atoms with Crippen LogP contribution in [0.1, 0.15) is 5.76 Å². The van der Waals surface area contributed by atoms with Crippen molar-refractivity contribution in [1.29, 1.82) is 0 Å². The summed E-state index contributed by atoms with van der Waals surface area (Å²) in [5, 5.41) is 9.47. The molecular formula is C15H27Cl2N5O4. The molecule has 2 N–H and O–H groups in total. The molecule has 1 aromatic heterocycles. The maximum absolute atomic E-state index is 12.0. The van der Waals surface area contributed by atoms with Crippen LogP contribution in [-0.2, 0) is 14.3 Å². The van der Waals surface area contributed by atoms with Gasteiger partial charge in [-0.15, -0.1) is 24.8 Å². The Morgan fingerprint density at radius 1 is 1.27 bits per heavy atom. The van der Waals surface area contributed by atoms with E-state index in [1.54, 1.807) is 20.1 Å². The van der Waals surface area contributed by atoms with Gasteiger partial charge in [0.05, 0.1) is 19.7 Å².